The predicted molar refractivity (Wildman–Crippen MR) is 91.6 cm³/mol. The average molecular weight is 329 g/mol. The quantitative estimate of drug-likeness (QED) is 0.906. The first-order valence-electron chi connectivity index (χ1n) is 7.55. The Bertz CT molecular complexity index is 682. The van der Waals surface area contributed by atoms with Crippen molar-refractivity contribution in [2.75, 3.05) is 11.4 Å². The third-order valence-electron chi connectivity index (χ3n) is 3.81. The molecule has 0 aliphatic carbocycles. The van der Waals surface area contributed by atoms with Crippen LogP contribution in [0.25, 0.3) is 0 Å². The number of thiophene rings is 1. The van der Waals surface area contributed by atoms with Gasteiger partial charge >= 0.3 is 6.03 Å². The van der Waals surface area contributed by atoms with Gasteiger partial charge < -0.3 is 15.5 Å². The standard InChI is InChI=1S/C17H19N3O2S/c1-12-4-6-14(7-5-12)20-11-13(9-16(20)21)19-17(22)18-10-15-3-2-8-23-15/h2-8,13H,9-11H2,1H3,(H2,18,19,22). The third-order valence-corrected chi connectivity index (χ3v) is 4.69. The fourth-order valence-electron chi connectivity index (χ4n) is 2.60. The lowest BCUT2D eigenvalue weighted by atomic mass is 10.2. The number of carbonyl (C=O) groups excluding carboxylic acids is 2. The van der Waals surface area contributed by atoms with Crippen LogP contribution in [-0.2, 0) is 11.3 Å². The molecule has 1 aromatic heterocycles. The fraction of sp³-hybridized carbons (Fsp3) is 0.294. The van der Waals surface area contributed by atoms with Gasteiger partial charge in [0.25, 0.3) is 0 Å². The Hall–Kier alpha value is -2.34. The molecule has 2 heterocycles. The second-order valence-electron chi connectivity index (χ2n) is 5.65. The summed E-state index contributed by atoms with van der Waals surface area (Å²) in [5.74, 6) is 0.0393. The maximum absolute atomic E-state index is 12.2. The smallest absolute Gasteiger partial charge is 0.315 e. The molecule has 1 atom stereocenters. The highest BCUT2D eigenvalue weighted by Crippen LogP contribution is 2.21. The summed E-state index contributed by atoms with van der Waals surface area (Å²) >= 11 is 1.60. The molecule has 3 rings (SSSR count). The Balaban J connectivity index is 1.53. The van der Waals surface area contributed by atoms with Crippen molar-refractivity contribution in [3.63, 3.8) is 0 Å². The number of urea groups is 1. The molecule has 3 amide bonds. The molecule has 120 valence electrons. The second kappa shape index (κ2) is 6.83. The van der Waals surface area contributed by atoms with E-state index < -0.39 is 0 Å². The highest BCUT2D eigenvalue weighted by Gasteiger charge is 2.31. The molecule has 1 unspecified atom stereocenters. The van der Waals surface area contributed by atoms with Crippen molar-refractivity contribution in [1.82, 2.24) is 10.6 Å². The van der Waals surface area contributed by atoms with Gasteiger partial charge in [-0.3, -0.25) is 4.79 Å². The molecule has 23 heavy (non-hydrogen) atoms. The van der Waals surface area contributed by atoms with Crippen molar-refractivity contribution in [3.05, 3.63) is 52.2 Å². The summed E-state index contributed by atoms with van der Waals surface area (Å²) in [6.07, 6.45) is 0.334. The normalized spacial score (nSPS) is 17.3. The summed E-state index contributed by atoms with van der Waals surface area (Å²) in [5, 5.41) is 7.67. The lowest BCUT2D eigenvalue weighted by Gasteiger charge is -2.17. The van der Waals surface area contributed by atoms with Gasteiger partial charge in [-0.15, -0.1) is 11.3 Å². The molecule has 0 saturated carbocycles. The zero-order valence-corrected chi connectivity index (χ0v) is 13.7. The largest absolute Gasteiger partial charge is 0.333 e. The van der Waals surface area contributed by atoms with E-state index in [2.05, 4.69) is 10.6 Å². The van der Waals surface area contributed by atoms with Gasteiger partial charge in [0, 0.05) is 23.5 Å². The highest BCUT2D eigenvalue weighted by atomic mass is 32.1. The molecule has 0 radical (unpaired) electrons. The van der Waals surface area contributed by atoms with Crippen molar-refractivity contribution < 1.29 is 9.59 Å². The van der Waals surface area contributed by atoms with Crippen molar-refractivity contribution in [2.24, 2.45) is 0 Å². The highest BCUT2D eigenvalue weighted by molar-refractivity contribution is 7.09. The molecule has 5 nitrogen and oxygen atoms in total. The van der Waals surface area contributed by atoms with E-state index in [4.69, 9.17) is 0 Å². The number of benzene rings is 1. The van der Waals surface area contributed by atoms with Gasteiger partial charge in [-0.2, -0.15) is 0 Å². The van der Waals surface area contributed by atoms with Gasteiger partial charge in [-0.25, -0.2) is 4.79 Å². The van der Waals surface area contributed by atoms with Gasteiger partial charge in [0.2, 0.25) is 5.91 Å². The Morgan fingerprint density at radius 3 is 2.78 bits per heavy atom. The van der Waals surface area contributed by atoms with Crippen molar-refractivity contribution in [1.29, 1.82) is 0 Å². The summed E-state index contributed by atoms with van der Waals surface area (Å²) < 4.78 is 0. The number of carbonyl (C=O) groups is 2. The summed E-state index contributed by atoms with van der Waals surface area (Å²) in [6, 6.07) is 11.4. The molecule has 1 saturated heterocycles. The molecule has 2 N–H and O–H groups in total. The van der Waals surface area contributed by atoms with Crippen LogP contribution in [0.3, 0.4) is 0 Å². The Kier molecular flexibility index (Phi) is 4.62. The SMILES string of the molecule is Cc1ccc(N2CC(NC(=O)NCc3cccs3)CC2=O)cc1. The summed E-state index contributed by atoms with van der Waals surface area (Å²) in [4.78, 5) is 26.9. The number of aryl methyl sites for hydroxylation is 1. The number of hydrogen-bond acceptors (Lipinski definition) is 3. The molecule has 6 heteroatoms. The molecule has 0 spiro atoms. The van der Waals surface area contributed by atoms with E-state index in [0.29, 0.717) is 19.5 Å². The van der Waals surface area contributed by atoms with Gasteiger partial charge in [-0.1, -0.05) is 23.8 Å². The predicted octanol–water partition coefficient (Wildman–Crippen LogP) is 2.66. The van der Waals surface area contributed by atoms with Crippen LogP contribution in [0, 0.1) is 6.92 Å². The summed E-state index contributed by atoms with van der Waals surface area (Å²) in [5.41, 5.74) is 2.03. The van der Waals surface area contributed by atoms with Crippen LogP contribution in [0.15, 0.2) is 41.8 Å². The average Bonchev–Trinajstić information content (AvgIpc) is 3.16. The number of rotatable bonds is 4. The number of anilines is 1. The topological polar surface area (TPSA) is 61.4 Å². The monoisotopic (exact) mass is 329 g/mol. The van der Waals surface area contributed by atoms with Crippen molar-refractivity contribution >= 4 is 29.0 Å². The molecule has 1 fully saturated rings. The Labute approximate surface area is 139 Å². The zero-order chi connectivity index (χ0) is 16.2. The second-order valence-corrected chi connectivity index (χ2v) is 6.68. The molecule has 0 bridgehead atoms. The van der Waals surface area contributed by atoms with E-state index in [-0.39, 0.29) is 18.0 Å². The van der Waals surface area contributed by atoms with Crippen LogP contribution in [-0.4, -0.2) is 24.5 Å². The maximum Gasteiger partial charge on any atom is 0.315 e. The summed E-state index contributed by atoms with van der Waals surface area (Å²) in [6.45, 7) is 3.03. The third kappa shape index (κ3) is 3.90. The number of amides is 3. The maximum atomic E-state index is 12.2. The van der Waals surface area contributed by atoms with Crippen LogP contribution in [0.2, 0.25) is 0 Å². The Morgan fingerprint density at radius 1 is 1.30 bits per heavy atom. The van der Waals surface area contributed by atoms with Crippen LogP contribution in [0.5, 0.6) is 0 Å². The summed E-state index contributed by atoms with van der Waals surface area (Å²) in [7, 11) is 0. The van der Waals surface area contributed by atoms with E-state index in [9.17, 15) is 9.59 Å². The Morgan fingerprint density at radius 2 is 2.09 bits per heavy atom. The number of nitrogens with zero attached hydrogens (tertiary/aromatic N) is 1. The van der Waals surface area contributed by atoms with E-state index in [1.807, 2.05) is 48.7 Å². The first-order valence-corrected chi connectivity index (χ1v) is 8.43. The first-order chi connectivity index (χ1) is 11.1. The molecule has 1 aliphatic rings. The fourth-order valence-corrected chi connectivity index (χ4v) is 3.24. The van der Waals surface area contributed by atoms with E-state index >= 15 is 0 Å². The minimum absolute atomic E-state index is 0.0393. The van der Waals surface area contributed by atoms with E-state index in [0.717, 1.165) is 16.1 Å². The molecule has 1 aromatic carbocycles. The van der Waals surface area contributed by atoms with Crippen LogP contribution in [0.4, 0.5) is 10.5 Å². The van der Waals surface area contributed by atoms with Crippen molar-refractivity contribution in [3.8, 4) is 0 Å². The minimum Gasteiger partial charge on any atom is -0.333 e. The van der Waals surface area contributed by atoms with Crippen LogP contribution >= 0.6 is 11.3 Å². The van der Waals surface area contributed by atoms with Gasteiger partial charge in [-0.05, 0) is 30.5 Å². The molecule has 1 aliphatic heterocycles. The minimum atomic E-state index is -0.234. The molecule has 2 aromatic rings. The number of nitrogens with one attached hydrogen (secondary N) is 2. The van der Waals surface area contributed by atoms with Gasteiger partial charge in [0.05, 0.1) is 12.6 Å². The number of hydrogen-bond donors (Lipinski definition) is 2. The van der Waals surface area contributed by atoms with Crippen LogP contribution in [0.1, 0.15) is 16.9 Å². The van der Waals surface area contributed by atoms with Crippen molar-refractivity contribution in [2.45, 2.75) is 25.9 Å². The zero-order valence-electron chi connectivity index (χ0n) is 12.9. The van der Waals surface area contributed by atoms with E-state index in [1.54, 1.807) is 16.2 Å². The van der Waals surface area contributed by atoms with Crippen LogP contribution < -0.4 is 15.5 Å². The lowest BCUT2D eigenvalue weighted by Crippen LogP contribution is -2.43. The van der Waals surface area contributed by atoms with Gasteiger partial charge in [0.1, 0.15) is 0 Å². The molecular weight excluding hydrogens is 310 g/mol. The molecular formula is C17H19N3O2S. The van der Waals surface area contributed by atoms with Gasteiger partial charge in [0.15, 0.2) is 0 Å². The van der Waals surface area contributed by atoms with E-state index in [1.165, 1.54) is 0 Å². The lowest BCUT2D eigenvalue weighted by molar-refractivity contribution is -0.117. The first kappa shape index (κ1) is 15.6.